The Labute approximate surface area is 74.9 Å². The van der Waals surface area contributed by atoms with Crippen molar-refractivity contribution in [3.63, 3.8) is 0 Å². The summed E-state index contributed by atoms with van der Waals surface area (Å²) in [6, 6.07) is 3.73. The van der Waals surface area contributed by atoms with Crippen molar-refractivity contribution in [3.05, 3.63) is 30.8 Å². The van der Waals surface area contributed by atoms with E-state index < -0.39 is 0 Å². The molecule has 0 bridgehead atoms. The zero-order valence-corrected chi connectivity index (χ0v) is 7.03. The molecule has 0 radical (unpaired) electrons. The van der Waals surface area contributed by atoms with Gasteiger partial charge in [-0.05, 0) is 12.1 Å². The standard InChI is InChI=1S/C8H6N2OS/c12-8-10-7(5-11-8)6-1-3-9-4-2-6/h1-5H,(H,10,12). The number of hydrogen-bond acceptors (Lipinski definition) is 4. The fourth-order valence-corrected chi connectivity index (χ4v) is 1.08. The van der Waals surface area contributed by atoms with Gasteiger partial charge < -0.3 is 4.42 Å². The molecule has 2 aromatic heterocycles. The van der Waals surface area contributed by atoms with E-state index in [1.165, 1.54) is 0 Å². The van der Waals surface area contributed by atoms with E-state index in [2.05, 4.69) is 22.6 Å². The number of pyridine rings is 1. The molecule has 2 rings (SSSR count). The highest BCUT2D eigenvalue weighted by atomic mass is 32.1. The molecule has 2 heterocycles. The summed E-state index contributed by atoms with van der Waals surface area (Å²) in [5.41, 5.74) is 1.76. The van der Waals surface area contributed by atoms with Gasteiger partial charge >= 0.3 is 0 Å². The molecular weight excluding hydrogens is 172 g/mol. The number of oxazole rings is 1. The molecule has 3 nitrogen and oxygen atoms in total. The van der Waals surface area contributed by atoms with Crippen LogP contribution in [-0.2, 0) is 0 Å². The molecule has 0 saturated carbocycles. The van der Waals surface area contributed by atoms with E-state index in [-0.39, 0.29) is 0 Å². The van der Waals surface area contributed by atoms with Crippen LogP contribution in [0.15, 0.2) is 40.4 Å². The third kappa shape index (κ3) is 1.33. The van der Waals surface area contributed by atoms with Gasteiger partial charge in [-0.3, -0.25) is 4.98 Å². The molecule has 0 aromatic carbocycles. The van der Waals surface area contributed by atoms with Gasteiger partial charge in [-0.2, -0.15) is 0 Å². The Morgan fingerprint density at radius 3 is 2.58 bits per heavy atom. The van der Waals surface area contributed by atoms with Gasteiger partial charge in [-0.1, -0.05) is 12.6 Å². The van der Waals surface area contributed by atoms with Crippen LogP contribution < -0.4 is 0 Å². The zero-order chi connectivity index (χ0) is 8.39. The van der Waals surface area contributed by atoms with Gasteiger partial charge in [0.2, 0.25) is 0 Å². The van der Waals surface area contributed by atoms with Crippen molar-refractivity contribution in [2.24, 2.45) is 0 Å². The van der Waals surface area contributed by atoms with Crippen molar-refractivity contribution in [1.82, 2.24) is 9.97 Å². The summed E-state index contributed by atoms with van der Waals surface area (Å²) in [6.07, 6.45) is 4.99. The van der Waals surface area contributed by atoms with E-state index in [9.17, 15) is 0 Å². The maximum Gasteiger partial charge on any atom is 0.252 e. The second-order valence-corrected chi connectivity index (χ2v) is 2.63. The lowest BCUT2D eigenvalue weighted by molar-refractivity contribution is 0.456. The summed E-state index contributed by atoms with van der Waals surface area (Å²) in [6.45, 7) is 0. The highest BCUT2D eigenvalue weighted by molar-refractivity contribution is 7.80. The molecule has 0 saturated heterocycles. The number of rotatable bonds is 1. The second kappa shape index (κ2) is 2.98. The first-order valence-corrected chi connectivity index (χ1v) is 3.86. The first-order chi connectivity index (χ1) is 5.86. The zero-order valence-electron chi connectivity index (χ0n) is 6.14. The van der Waals surface area contributed by atoms with Gasteiger partial charge in [0.1, 0.15) is 12.0 Å². The SMILES string of the molecule is Sc1nc(-c2ccncc2)co1. The number of aromatic nitrogens is 2. The van der Waals surface area contributed by atoms with Crippen molar-refractivity contribution in [2.75, 3.05) is 0 Å². The molecule has 12 heavy (non-hydrogen) atoms. The highest BCUT2D eigenvalue weighted by Gasteiger charge is 2.01. The van der Waals surface area contributed by atoms with E-state index in [0.717, 1.165) is 11.3 Å². The summed E-state index contributed by atoms with van der Waals surface area (Å²) in [7, 11) is 0. The molecule has 0 N–H and O–H groups in total. The van der Waals surface area contributed by atoms with Crippen LogP contribution in [0.5, 0.6) is 0 Å². The fourth-order valence-electron chi connectivity index (χ4n) is 0.920. The van der Waals surface area contributed by atoms with Crippen LogP contribution in [-0.4, -0.2) is 9.97 Å². The van der Waals surface area contributed by atoms with Crippen molar-refractivity contribution < 1.29 is 4.42 Å². The average molecular weight is 178 g/mol. The van der Waals surface area contributed by atoms with Gasteiger partial charge in [0.15, 0.2) is 0 Å². The van der Waals surface area contributed by atoms with Crippen LogP contribution in [0.3, 0.4) is 0 Å². The molecule has 60 valence electrons. The average Bonchev–Trinajstić information content (AvgIpc) is 2.54. The minimum absolute atomic E-state index is 0.377. The first kappa shape index (κ1) is 7.36. The van der Waals surface area contributed by atoms with Crippen molar-refractivity contribution in [2.45, 2.75) is 5.22 Å². The van der Waals surface area contributed by atoms with Crippen LogP contribution >= 0.6 is 12.6 Å². The summed E-state index contributed by atoms with van der Waals surface area (Å²) in [5.74, 6) is 0. The number of hydrogen-bond donors (Lipinski definition) is 1. The molecule has 0 unspecified atom stereocenters. The lowest BCUT2D eigenvalue weighted by Gasteiger charge is -1.90. The quantitative estimate of drug-likeness (QED) is 0.679. The smallest absolute Gasteiger partial charge is 0.252 e. The molecule has 2 aromatic rings. The molecule has 0 fully saturated rings. The van der Waals surface area contributed by atoms with E-state index in [0.29, 0.717) is 5.22 Å². The van der Waals surface area contributed by atoms with Crippen molar-refractivity contribution in [3.8, 4) is 11.3 Å². The van der Waals surface area contributed by atoms with Crippen molar-refractivity contribution in [1.29, 1.82) is 0 Å². The number of nitrogens with zero attached hydrogens (tertiary/aromatic N) is 2. The van der Waals surface area contributed by atoms with E-state index in [1.54, 1.807) is 18.7 Å². The fraction of sp³-hybridized carbons (Fsp3) is 0. The normalized spacial score (nSPS) is 10.1. The molecule has 0 atom stereocenters. The Kier molecular flexibility index (Phi) is 1.83. The molecule has 0 amide bonds. The third-order valence-electron chi connectivity index (χ3n) is 1.47. The maximum absolute atomic E-state index is 4.95. The monoisotopic (exact) mass is 178 g/mol. The Morgan fingerprint density at radius 1 is 1.25 bits per heavy atom. The summed E-state index contributed by atoms with van der Waals surface area (Å²) in [5, 5.41) is 0.377. The minimum atomic E-state index is 0.377. The summed E-state index contributed by atoms with van der Waals surface area (Å²) < 4.78 is 4.95. The lowest BCUT2D eigenvalue weighted by Crippen LogP contribution is -1.76. The Balaban J connectivity index is 2.45. The van der Waals surface area contributed by atoms with E-state index in [4.69, 9.17) is 4.42 Å². The van der Waals surface area contributed by atoms with E-state index in [1.807, 2.05) is 12.1 Å². The third-order valence-corrected chi connectivity index (χ3v) is 1.67. The molecule has 0 aliphatic heterocycles. The largest absolute Gasteiger partial charge is 0.439 e. The molecule has 0 aliphatic rings. The van der Waals surface area contributed by atoms with Crippen molar-refractivity contribution >= 4 is 12.6 Å². The molecular formula is C8H6N2OS. The van der Waals surface area contributed by atoms with Crippen LogP contribution in [0, 0.1) is 0 Å². The second-order valence-electron chi connectivity index (χ2n) is 2.25. The summed E-state index contributed by atoms with van der Waals surface area (Å²) >= 11 is 3.96. The Bertz CT molecular complexity index is 372. The van der Waals surface area contributed by atoms with Crippen LogP contribution in [0.1, 0.15) is 0 Å². The van der Waals surface area contributed by atoms with Gasteiger partial charge in [-0.25, -0.2) is 4.98 Å². The minimum Gasteiger partial charge on any atom is -0.439 e. The molecule has 0 spiro atoms. The Hall–Kier alpha value is -1.29. The first-order valence-electron chi connectivity index (χ1n) is 3.41. The Morgan fingerprint density at radius 2 is 2.00 bits per heavy atom. The van der Waals surface area contributed by atoms with Gasteiger partial charge in [0.25, 0.3) is 5.22 Å². The summed E-state index contributed by atoms with van der Waals surface area (Å²) in [4.78, 5) is 7.95. The van der Waals surface area contributed by atoms with Gasteiger partial charge in [0.05, 0.1) is 0 Å². The predicted octanol–water partition coefficient (Wildman–Crippen LogP) is 2.03. The predicted molar refractivity (Wildman–Crippen MR) is 47.0 cm³/mol. The number of thiol groups is 1. The lowest BCUT2D eigenvalue weighted by atomic mass is 10.2. The van der Waals surface area contributed by atoms with Crippen LogP contribution in [0.2, 0.25) is 0 Å². The van der Waals surface area contributed by atoms with Crippen LogP contribution in [0.25, 0.3) is 11.3 Å². The van der Waals surface area contributed by atoms with E-state index >= 15 is 0 Å². The molecule has 0 aliphatic carbocycles. The topological polar surface area (TPSA) is 38.9 Å². The molecule has 4 heteroatoms. The maximum atomic E-state index is 4.95. The highest BCUT2D eigenvalue weighted by Crippen LogP contribution is 2.18. The van der Waals surface area contributed by atoms with Gasteiger partial charge in [-0.15, -0.1) is 0 Å². The van der Waals surface area contributed by atoms with Gasteiger partial charge in [0, 0.05) is 18.0 Å². The van der Waals surface area contributed by atoms with Crippen LogP contribution in [0.4, 0.5) is 0 Å².